The fraction of sp³-hybridized carbons (Fsp3) is 0.600. The van der Waals surface area contributed by atoms with Crippen LogP contribution in [0.3, 0.4) is 0 Å². The Bertz CT molecular complexity index is 582. The summed E-state index contributed by atoms with van der Waals surface area (Å²) in [4.78, 5) is 24.1. The molecule has 1 rings (SSSR count). The van der Waals surface area contributed by atoms with Crippen LogP contribution in [0.25, 0.3) is 0 Å². The Morgan fingerprint density at radius 1 is 0.931 bits per heavy atom. The SMILES string of the molecule is C=CCC(CCCCCCCCCCC)OC(=O)[C@H](OC(C)=O)c1ccccc1. The number of hydrogen-bond donors (Lipinski definition) is 0. The van der Waals surface area contributed by atoms with Gasteiger partial charge in [-0.1, -0.05) is 94.7 Å². The van der Waals surface area contributed by atoms with Gasteiger partial charge in [0.1, 0.15) is 6.10 Å². The van der Waals surface area contributed by atoms with Crippen LogP contribution in [0.4, 0.5) is 0 Å². The molecule has 0 aliphatic carbocycles. The highest BCUT2D eigenvalue weighted by Crippen LogP contribution is 2.22. The summed E-state index contributed by atoms with van der Waals surface area (Å²) in [5, 5.41) is 0. The number of benzene rings is 1. The van der Waals surface area contributed by atoms with Gasteiger partial charge in [0.25, 0.3) is 0 Å². The van der Waals surface area contributed by atoms with E-state index in [2.05, 4.69) is 13.5 Å². The van der Waals surface area contributed by atoms with Gasteiger partial charge in [-0.05, 0) is 12.8 Å². The van der Waals surface area contributed by atoms with Crippen molar-refractivity contribution < 1.29 is 19.1 Å². The average molecular weight is 403 g/mol. The quantitative estimate of drug-likeness (QED) is 0.175. The van der Waals surface area contributed by atoms with E-state index in [4.69, 9.17) is 9.47 Å². The first-order valence-corrected chi connectivity index (χ1v) is 11.1. The standard InChI is InChI=1S/C25H38O4/c1-4-6-7-8-9-10-11-12-16-20-23(17-5-2)29-25(27)24(28-21(3)26)22-18-14-13-15-19-22/h5,13-15,18-19,23-24H,2,4,6-12,16-17,20H2,1,3H3/t23?,24-/m1/s1. The van der Waals surface area contributed by atoms with Gasteiger partial charge in [-0.15, -0.1) is 6.58 Å². The molecular formula is C25H38O4. The Labute approximate surface area is 176 Å². The van der Waals surface area contributed by atoms with E-state index in [0.717, 1.165) is 19.3 Å². The molecule has 0 spiro atoms. The van der Waals surface area contributed by atoms with Gasteiger partial charge in [-0.3, -0.25) is 4.79 Å². The van der Waals surface area contributed by atoms with Crippen molar-refractivity contribution in [2.24, 2.45) is 0 Å². The first kappa shape index (κ1) is 24.9. The van der Waals surface area contributed by atoms with Crippen molar-refractivity contribution in [3.05, 3.63) is 48.6 Å². The molecule has 1 unspecified atom stereocenters. The van der Waals surface area contributed by atoms with E-state index in [1.165, 1.54) is 51.9 Å². The van der Waals surface area contributed by atoms with E-state index in [1.807, 2.05) is 18.2 Å². The van der Waals surface area contributed by atoms with Gasteiger partial charge in [-0.25, -0.2) is 4.79 Å². The number of carbonyl (C=O) groups excluding carboxylic acids is 2. The lowest BCUT2D eigenvalue weighted by molar-refractivity contribution is -0.171. The summed E-state index contributed by atoms with van der Waals surface area (Å²) >= 11 is 0. The molecule has 0 saturated heterocycles. The lowest BCUT2D eigenvalue weighted by Gasteiger charge is -2.21. The lowest BCUT2D eigenvalue weighted by atomic mass is 10.0. The molecule has 0 N–H and O–H groups in total. The maximum atomic E-state index is 12.7. The Morgan fingerprint density at radius 2 is 1.52 bits per heavy atom. The molecule has 29 heavy (non-hydrogen) atoms. The molecule has 1 aromatic rings. The van der Waals surface area contributed by atoms with Crippen molar-refractivity contribution >= 4 is 11.9 Å². The summed E-state index contributed by atoms with van der Waals surface area (Å²) in [7, 11) is 0. The number of rotatable bonds is 16. The van der Waals surface area contributed by atoms with Crippen LogP contribution in [0.15, 0.2) is 43.0 Å². The van der Waals surface area contributed by atoms with Gasteiger partial charge in [0.2, 0.25) is 6.10 Å². The van der Waals surface area contributed by atoms with Gasteiger partial charge >= 0.3 is 11.9 Å². The predicted octanol–water partition coefficient (Wildman–Crippen LogP) is 6.70. The Kier molecular flexibility index (Phi) is 13.6. The highest BCUT2D eigenvalue weighted by molar-refractivity contribution is 5.80. The Hall–Kier alpha value is -2.10. The van der Waals surface area contributed by atoms with Gasteiger partial charge in [-0.2, -0.15) is 0 Å². The molecule has 0 fully saturated rings. The van der Waals surface area contributed by atoms with Crippen LogP contribution in [0, 0.1) is 0 Å². The zero-order valence-electron chi connectivity index (χ0n) is 18.2. The third-order valence-electron chi connectivity index (χ3n) is 4.94. The summed E-state index contributed by atoms with van der Waals surface area (Å²) < 4.78 is 10.9. The molecule has 0 saturated carbocycles. The Morgan fingerprint density at radius 3 is 2.07 bits per heavy atom. The highest BCUT2D eigenvalue weighted by Gasteiger charge is 2.27. The molecule has 0 aliphatic heterocycles. The number of esters is 2. The molecule has 1 aromatic carbocycles. The summed E-state index contributed by atoms with van der Waals surface area (Å²) in [5.74, 6) is -1.02. The fourth-order valence-electron chi connectivity index (χ4n) is 3.37. The third kappa shape index (κ3) is 11.5. The molecule has 0 amide bonds. The summed E-state index contributed by atoms with van der Waals surface area (Å²) in [6, 6.07) is 8.99. The maximum absolute atomic E-state index is 12.7. The van der Waals surface area contributed by atoms with E-state index >= 15 is 0 Å². The van der Waals surface area contributed by atoms with Crippen molar-refractivity contribution in [1.29, 1.82) is 0 Å². The zero-order chi connectivity index (χ0) is 21.3. The average Bonchev–Trinajstić information content (AvgIpc) is 2.71. The smallest absolute Gasteiger partial charge is 0.352 e. The van der Waals surface area contributed by atoms with Crippen molar-refractivity contribution in [3.63, 3.8) is 0 Å². The Balaban J connectivity index is 2.44. The monoisotopic (exact) mass is 402 g/mol. The van der Waals surface area contributed by atoms with Gasteiger partial charge in [0, 0.05) is 18.9 Å². The summed E-state index contributed by atoms with van der Waals surface area (Å²) in [5.41, 5.74) is 0.619. The minimum Gasteiger partial charge on any atom is -0.459 e. The third-order valence-corrected chi connectivity index (χ3v) is 4.94. The number of ether oxygens (including phenoxy) is 2. The number of hydrogen-bond acceptors (Lipinski definition) is 4. The van der Waals surface area contributed by atoms with Crippen LogP contribution in [0.1, 0.15) is 96.1 Å². The van der Waals surface area contributed by atoms with E-state index in [-0.39, 0.29) is 6.10 Å². The van der Waals surface area contributed by atoms with Crippen molar-refractivity contribution in [2.75, 3.05) is 0 Å². The molecule has 0 heterocycles. The predicted molar refractivity (Wildman–Crippen MR) is 117 cm³/mol. The highest BCUT2D eigenvalue weighted by atomic mass is 16.6. The number of unbranched alkanes of at least 4 members (excludes halogenated alkanes) is 8. The van der Waals surface area contributed by atoms with E-state index < -0.39 is 18.0 Å². The zero-order valence-corrected chi connectivity index (χ0v) is 18.2. The second kappa shape index (κ2) is 15.8. The molecule has 0 aromatic heterocycles. The van der Waals surface area contributed by atoms with Gasteiger partial charge in [0.05, 0.1) is 0 Å². The van der Waals surface area contributed by atoms with Crippen molar-refractivity contribution in [2.45, 2.75) is 96.7 Å². The van der Waals surface area contributed by atoms with Crippen molar-refractivity contribution in [1.82, 2.24) is 0 Å². The van der Waals surface area contributed by atoms with Crippen LogP contribution in [0.5, 0.6) is 0 Å². The van der Waals surface area contributed by atoms with E-state index in [1.54, 1.807) is 18.2 Å². The summed E-state index contributed by atoms with van der Waals surface area (Å²) in [6.07, 6.45) is 13.2. The van der Waals surface area contributed by atoms with Crippen LogP contribution in [0.2, 0.25) is 0 Å². The molecule has 4 heteroatoms. The van der Waals surface area contributed by atoms with Gasteiger partial charge < -0.3 is 9.47 Å². The van der Waals surface area contributed by atoms with Crippen LogP contribution >= 0.6 is 0 Å². The fourth-order valence-corrected chi connectivity index (χ4v) is 3.37. The molecular weight excluding hydrogens is 364 g/mol. The molecule has 0 aliphatic rings. The normalized spacial score (nSPS) is 12.8. The minimum absolute atomic E-state index is 0.230. The topological polar surface area (TPSA) is 52.6 Å². The largest absolute Gasteiger partial charge is 0.459 e. The van der Waals surface area contributed by atoms with E-state index in [0.29, 0.717) is 12.0 Å². The maximum Gasteiger partial charge on any atom is 0.352 e. The van der Waals surface area contributed by atoms with Crippen LogP contribution in [-0.4, -0.2) is 18.0 Å². The summed E-state index contributed by atoms with van der Waals surface area (Å²) in [6.45, 7) is 7.31. The van der Waals surface area contributed by atoms with Gasteiger partial charge in [0.15, 0.2) is 0 Å². The first-order chi connectivity index (χ1) is 14.1. The molecule has 0 radical (unpaired) electrons. The van der Waals surface area contributed by atoms with Crippen LogP contribution < -0.4 is 0 Å². The molecule has 162 valence electrons. The second-order valence-electron chi connectivity index (χ2n) is 7.60. The van der Waals surface area contributed by atoms with Crippen molar-refractivity contribution in [3.8, 4) is 0 Å². The molecule has 0 bridgehead atoms. The molecule has 4 nitrogen and oxygen atoms in total. The first-order valence-electron chi connectivity index (χ1n) is 11.1. The van der Waals surface area contributed by atoms with Crippen LogP contribution in [-0.2, 0) is 19.1 Å². The lowest BCUT2D eigenvalue weighted by Crippen LogP contribution is -2.26. The number of carbonyl (C=O) groups is 2. The molecule has 2 atom stereocenters. The van der Waals surface area contributed by atoms with E-state index in [9.17, 15) is 9.59 Å². The minimum atomic E-state index is -1.02. The second-order valence-corrected chi connectivity index (χ2v) is 7.60.